The summed E-state index contributed by atoms with van der Waals surface area (Å²) in [5.74, 6) is -1.38. The Morgan fingerprint density at radius 2 is 1.74 bits per heavy atom. The van der Waals surface area contributed by atoms with Crippen LogP contribution in [0.2, 0.25) is 0 Å². The third kappa shape index (κ3) is 6.98. The molecule has 0 atom stereocenters. The molecule has 0 aromatic heterocycles. The van der Waals surface area contributed by atoms with E-state index in [1.807, 2.05) is 6.07 Å². The average Bonchev–Trinajstić information content (AvgIpc) is 2.64. The van der Waals surface area contributed by atoms with Crippen molar-refractivity contribution in [2.75, 3.05) is 20.2 Å². The van der Waals surface area contributed by atoms with Crippen molar-refractivity contribution in [1.29, 1.82) is 0 Å². The van der Waals surface area contributed by atoms with Crippen molar-refractivity contribution in [2.24, 2.45) is 0 Å². The molecular weight excluding hydrogens is 352 g/mol. The summed E-state index contributed by atoms with van der Waals surface area (Å²) in [6.45, 7) is 1.55. The normalized spacial score (nSPS) is 10.8. The van der Waals surface area contributed by atoms with Gasteiger partial charge in [-0.25, -0.2) is 8.78 Å². The molecule has 6 heteroatoms. The lowest BCUT2D eigenvalue weighted by molar-refractivity contribution is -0.136. The van der Waals surface area contributed by atoms with Crippen molar-refractivity contribution in [1.82, 2.24) is 5.32 Å². The van der Waals surface area contributed by atoms with Crippen molar-refractivity contribution in [3.63, 3.8) is 0 Å². The number of carboxylic acid groups (broad SMARTS) is 1. The van der Waals surface area contributed by atoms with E-state index < -0.39 is 5.97 Å². The van der Waals surface area contributed by atoms with Crippen LogP contribution in [0.3, 0.4) is 0 Å². The Bertz CT molecular complexity index is 765. The lowest BCUT2D eigenvalue weighted by atomic mass is 10.0. The largest absolute Gasteiger partial charge is 0.494 e. The minimum absolute atomic E-state index is 0.0693. The maximum atomic E-state index is 14.0. The summed E-state index contributed by atoms with van der Waals surface area (Å²) in [6, 6.07) is 9.86. The van der Waals surface area contributed by atoms with E-state index >= 15 is 0 Å². The predicted octanol–water partition coefficient (Wildman–Crippen LogP) is 3.76. The second kappa shape index (κ2) is 10.6. The van der Waals surface area contributed by atoms with Gasteiger partial charge >= 0.3 is 5.97 Å². The number of aliphatic carboxylic acids is 1. The molecule has 0 aliphatic rings. The maximum Gasteiger partial charge on any atom is 0.303 e. The van der Waals surface area contributed by atoms with Gasteiger partial charge in [-0.1, -0.05) is 18.2 Å². The molecule has 2 N–H and O–H groups in total. The molecule has 0 aliphatic carbocycles. The van der Waals surface area contributed by atoms with Crippen molar-refractivity contribution < 1.29 is 23.4 Å². The smallest absolute Gasteiger partial charge is 0.303 e. The zero-order valence-electron chi connectivity index (χ0n) is 15.4. The van der Waals surface area contributed by atoms with Crippen LogP contribution in [0, 0.1) is 11.6 Å². The number of aryl methyl sites for hydroxylation is 2. The molecule has 0 saturated heterocycles. The predicted molar refractivity (Wildman–Crippen MR) is 100 cm³/mol. The van der Waals surface area contributed by atoms with Gasteiger partial charge in [0.05, 0.1) is 7.11 Å². The van der Waals surface area contributed by atoms with E-state index in [2.05, 4.69) is 5.32 Å². The van der Waals surface area contributed by atoms with Gasteiger partial charge in [-0.2, -0.15) is 0 Å². The van der Waals surface area contributed by atoms with Crippen molar-refractivity contribution in [2.45, 2.75) is 32.1 Å². The average molecular weight is 377 g/mol. The van der Waals surface area contributed by atoms with Crippen LogP contribution < -0.4 is 10.1 Å². The molecule has 0 aliphatic heterocycles. The van der Waals surface area contributed by atoms with Gasteiger partial charge in [-0.15, -0.1) is 0 Å². The van der Waals surface area contributed by atoms with Crippen LogP contribution in [0.4, 0.5) is 8.78 Å². The summed E-state index contributed by atoms with van der Waals surface area (Å²) < 4.78 is 32.3. The molecule has 0 amide bonds. The Hall–Kier alpha value is -2.47. The summed E-state index contributed by atoms with van der Waals surface area (Å²) in [6.07, 6.45) is 2.51. The van der Waals surface area contributed by atoms with E-state index in [-0.39, 0.29) is 30.2 Å². The molecule has 0 spiro atoms. The number of carboxylic acids is 1. The summed E-state index contributed by atoms with van der Waals surface area (Å²) in [7, 11) is 1.45. The first-order valence-corrected chi connectivity index (χ1v) is 9.02. The molecule has 2 aromatic carbocycles. The van der Waals surface area contributed by atoms with Crippen LogP contribution in [0.25, 0.3) is 0 Å². The molecule has 0 radical (unpaired) electrons. The number of halogens is 2. The Morgan fingerprint density at radius 1 is 1.00 bits per heavy atom. The SMILES string of the molecule is COc1cc(CCNCCCc2ccc(CCC(=O)O)c(F)c2)ccc1F. The van der Waals surface area contributed by atoms with Gasteiger partial charge in [0.1, 0.15) is 5.82 Å². The van der Waals surface area contributed by atoms with E-state index in [1.165, 1.54) is 19.2 Å². The maximum absolute atomic E-state index is 14.0. The molecular formula is C21H25F2NO3. The number of benzene rings is 2. The Kier molecular flexibility index (Phi) is 8.20. The summed E-state index contributed by atoms with van der Waals surface area (Å²) in [4.78, 5) is 10.6. The fourth-order valence-electron chi connectivity index (χ4n) is 2.83. The highest BCUT2D eigenvalue weighted by molar-refractivity contribution is 5.67. The van der Waals surface area contributed by atoms with Crippen LogP contribution in [0.5, 0.6) is 5.75 Å². The fourth-order valence-corrected chi connectivity index (χ4v) is 2.83. The van der Waals surface area contributed by atoms with Crippen molar-refractivity contribution in [3.05, 3.63) is 64.7 Å². The van der Waals surface area contributed by atoms with Crippen molar-refractivity contribution >= 4 is 5.97 Å². The van der Waals surface area contributed by atoms with Gasteiger partial charge < -0.3 is 15.2 Å². The molecule has 2 rings (SSSR count). The number of hydrogen-bond donors (Lipinski definition) is 2. The van der Waals surface area contributed by atoms with Crippen LogP contribution in [-0.2, 0) is 24.1 Å². The first kappa shape index (κ1) is 20.8. The number of carbonyl (C=O) groups is 1. The lowest BCUT2D eigenvalue weighted by Gasteiger charge is -2.08. The van der Waals surface area contributed by atoms with Crippen LogP contribution >= 0.6 is 0 Å². The molecule has 0 saturated carbocycles. The summed E-state index contributed by atoms with van der Waals surface area (Å²) in [5, 5.41) is 12.0. The van der Waals surface area contributed by atoms with E-state index in [9.17, 15) is 13.6 Å². The number of ether oxygens (including phenoxy) is 1. The lowest BCUT2D eigenvalue weighted by Crippen LogP contribution is -2.19. The second-order valence-electron chi connectivity index (χ2n) is 6.39. The first-order chi connectivity index (χ1) is 13.0. The monoisotopic (exact) mass is 377 g/mol. The van der Waals surface area contributed by atoms with E-state index in [0.29, 0.717) is 5.56 Å². The van der Waals surface area contributed by atoms with Gasteiger partial charge in [0, 0.05) is 6.42 Å². The van der Waals surface area contributed by atoms with Crippen LogP contribution in [-0.4, -0.2) is 31.3 Å². The Balaban J connectivity index is 1.68. The number of hydrogen-bond acceptors (Lipinski definition) is 3. The molecule has 0 unspecified atom stereocenters. The van der Waals surface area contributed by atoms with E-state index in [4.69, 9.17) is 9.84 Å². The molecule has 0 bridgehead atoms. The molecule has 146 valence electrons. The third-order valence-corrected chi connectivity index (χ3v) is 4.35. The van der Waals surface area contributed by atoms with Gasteiger partial charge in [-0.3, -0.25) is 4.79 Å². The fraction of sp³-hybridized carbons (Fsp3) is 0.381. The minimum atomic E-state index is -0.927. The number of rotatable bonds is 11. The topological polar surface area (TPSA) is 58.6 Å². The summed E-state index contributed by atoms with van der Waals surface area (Å²) >= 11 is 0. The molecule has 4 nitrogen and oxygen atoms in total. The number of methoxy groups -OCH3 is 1. The zero-order chi connectivity index (χ0) is 19.6. The van der Waals surface area contributed by atoms with E-state index in [1.54, 1.807) is 18.2 Å². The Morgan fingerprint density at radius 3 is 2.44 bits per heavy atom. The van der Waals surface area contributed by atoms with Gasteiger partial charge in [0.15, 0.2) is 11.6 Å². The molecule has 0 fully saturated rings. The second-order valence-corrected chi connectivity index (χ2v) is 6.39. The van der Waals surface area contributed by atoms with E-state index in [0.717, 1.165) is 43.5 Å². The zero-order valence-corrected chi connectivity index (χ0v) is 15.4. The Labute approximate surface area is 158 Å². The first-order valence-electron chi connectivity index (χ1n) is 9.02. The highest BCUT2D eigenvalue weighted by Gasteiger charge is 2.06. The van der Waals surface area contributed by atoms with Crippen LogP contribution in [0.15, 0.2) is 36.4 Å². The molecule has 2 aromatic rings. The molecule has 0 heterocycles. The van der Waals surface area contributed by atoms with Gasteiger partial charge in [-0.05, 0) is 73.7 Å². The highest BCUT2D eigenvalue weighted by atomic mass is 19.1. The van der Waals surface area contributed by atoms with Gasteiger partial charge in [0.25, 0.3) is 0 Å². The van der Waals surface area contributed by atoms with Gasteiger partial charge in [0.2, 0.25) is 0 Å². The van der Waals surface area contributed by atoms with Crippen LogP contribution in [0.1, 0.15) is 29.5 Å². The third-order valence-electron chi connectivity index (χ3n) is 4.35. The minimum Gasteiger partial charge on any atom is -0.494 e. The molecule has 27 heavy (non-hydrogen) atoms. The standard InChI is InChI=1S/C21H25F2NO3/c1-27-20-14-16(5-8-18(20)22)10-12-24-11-2-3-15-4-6-17(19(23)13-15)7-9-21(25)26/h4-6,8,13-14,24H,2-3,7,9-12H2,1H3,(H,25,26). The highest BCUT2D eigenvalue weighted by Crippen LogP contribution is 2.18. The van der Waals surface area contributed by atoms with Crippen molar-refractivity contribution in [3.8, 4) is 5.75 Å². The summed E-state index contributed by atoms with van der Waals surface area (Å²) in [5.41, 5.74) is 2.34. The quantitative estimate of drug-likeness (QED) is 0.586. The number of nitrogens with one attached hydrogen (secondary N) is 1.